The number of rotatable bonds is 6. The number of carboxylic acids is 1. The maximum atomic E-state index is 11.2. The van der Waals surface area contributed by atoms with Gasteiger partial charge in [0.15, 0.2) is 0 Å². The molecule has 0 saturated carbocycles. The van der Waals surface area contributed by atoms with Crippen molar-refractivity contribution in [3.8, 4) is 10.6 Å². The number of hydrogen-bond acceptors (Lipinski definition) is 4. The van der Waals surface area contributed by atoms with E-state index in [-0.39, 0.29) is 0 Å². The summed E-state index contributed by atoms with van der Waals surface area (Å²) in [6.07, 6.45) is 0. The van der Waals surface area contributed by atoms with Crippen molar-refractivity contribution in [2.75, 3.05) is 5.75 Å². The van der Waals surface area contributed by atoms with Gasteiger partial charge in [-0.05, 0) is 19.4 Å². The molecular formula is C16H17NO2S2. The zero-order chi connectivity index (χ0) is 15.4. The fourth-order valence-electron chi connectivity index (χ4n) is 1.90. The third-order valence-electron chi connectivity index (χ3n) is 2.84. The van der Waals surface area contributed by atoms with Crippen molar-refractivity contribution in [3.05, 3.63) is 52.6 Å². The van der Waals surface area contributed by atoms with E-state index in [9.17, 15) is 4.79 Å². The third-order valence-corrected chi connectivity index (χ3v) is 5.24. The maximum absolute atomic E-state index is 11.2. The van der Waals surface area contributed by atoms with Gasteiger partial charge in [0, 0.05) is 17.1 Å². The van der Waals surface area contributed by atoms with Crippen molar-refractivity contribution in [3.63, 3.8) is 0 Å². The molecule has 1 aromatic heterocycles. The van der Waals surface area contributed by atoms with Crippen molar-refractivity contribution < 1.29 is 9.90 Å². The second-order valence-corrected chi connectivity index (χ2v) is 6.83. The second-order valence-electron chi connectivity index (χ2n) is 4.85. The van der Waals surface area contributed by atoms with Crippen LogP contribution in [0.4, 0.5) is 0 Å². The summed E-state index contributed by atoms with van der Waals surface area (Å²) in [6.45, 7) is 7.66. The summed E-state index contributed by atoms with van der Waals surface area (Å²) in [5.41, 5.74) is 3.92. The first-order chi connectivity index (χ1) is 9.99. The van der Waals surface area contributed by atoms with Crippen LogP contribution in [0.25, 0.3) is 10.6 Å². The minimum atomic E-state index is -0.912. The SMILES string of the molecule is C=C(C)CSCc1ccccc1-c1nc(C)c(C(=O)O)s1. The van der Waals surface area contributed by atoms with Crippen molar-refractivity contribution >= 4 is 29.1 Å². The molecule has 0 radical (unpaired) electrons. The largest absolute Gasteiger partial charge is 0.477 e. The van der Waals surface area contributed by atoms with Crippen LogP contribution in [0.3, 0.4) is 0 Å². The van der Waals surface area contributed by atoms with E-state index in [4.69, 9.17) is 5.11 Å². The molecule has 0 saturated heterocycles. The first-order valence-electron chi connectivity index (χ1n) is 6.50. The highest BCUT2D eigenvalue weighted by molar-refractivity contribution is 7.98. The first-order valence-corrected chi connectivity index (χ1v) is 8.47. The van der Waals surface area contributed by atoms with Crippen LogP contribution in [0.2, 0.25) is 0 Å². The van der Waals surface area contributed by atoms with E-state index in [2.05, 4.69) is 17.6 Å². The van der Waals surface area contributed by atoms with E-state index in [1.807, 2.05) is 25.1 Å². The van der Waals surface area contributed by atoms with E-state index in [0.717, 1.165) is 27.6 Å². The molecule has 21 heavy (non-hydrogen) atoms. The van der Waals surface area contributed by atoms with E-state index in [1.54, 1.807) is 18.7 Å². The molecule has 1 heterocycles. The molecule has 0 bridgehead atoms. The highest BCUT2D eigenvalue weighted by atomic mass is 32.2. The summed E-state index contributed by atoms with van der Waals surface area (Å²) in [5, 5.41) is 9.93. The van der Waals surface area contributed by atoms with E-state index in [0.29, 0.717) is 10.6 Å². The lowest BCUT2D eigenvalue weighted by Crippen LogP contribution is -1.94. The number of carbonyl (C=O) groups is 1. The van der Waals surface area contributed by atoms with Crippen LogP contribution in [0.1, 0.15) is 27.9 Å². The average molecular weight is 319 g/mol. The number of benzene rings is 1. The number of thiazole rings is 1. The van der Waals surface area contributed by atoms with Gasteiger partial charge in [0.2, 0.25) is 0 Å². The molecule has 0 aliphatic heterocycles. The molecule has 0 atom stereocenters. The summed E-state index contributed by atoms with van der Waals surface area (Å²) in [6, 6.07) is 8.02. The van der Waals surface area contributed by atoms with E-state index >= 15 is 0 Å². The van der Waals surface area contributed by atoms with Crippen LogP contribution < -0.4 is 0 Å². The fourth-order valence-corrected chi connectivity index (χ4v) is 3.79. The minimum absolute atomic E-state index is 0.314. The van der Waals surface area contributed by atoms with Crippen LogP contribution in [-0.4, -0.2) is 21.8 Å². The van der Waals surface area contributed by atoms with Gasteiger partial charge < -0.3 is 5.11 Å². The molecule has 0 fully saturated rings. The quantitative estimate of drug-likeness (QED) is 0.789. The second kappa shape index (κ2) is 6.91. The van der Waals surface area contributed by atoms with Crippen molar-refractivity contribution in [2.45, 2.75) is 19.6 Å². The molecule has 3 nitrogen and oxygen atoms in total. The maximum Gasteiger partial charge on any atom is 0.347 e. The zero-order valence-corrected chi connectivity index (χ0v) is 13.7. The Morgan fingerprint density at radius 1 is 1.43 bits per heavy atom. The van der Waals surface area contributed by atoms with Crippen LogP contribution in [-0.2, 0) is 5.75 Å². The molecule has 2 rings (SSSR count). The Kier molecular flexibility index (Phi) is 5.20. The van der Waals surface area contributed by atoms with Gasteiger partial charge in [-0.3, -0.25) is 0 Å². The Morgan fingerprint density at radius 3 is 2.76 bits per heavy atom. The number of aromatic nitrogens is 1. The van der Waals surface area contributed by atoms with Crippen molar-refractivity contribution in [1.82, 2.24) is 4.98 Å². The lowest BCUT2D eigenvalue weighted by molar-refractivity contribution is 0.0701. The van der Waals surface area contributed by atoms with Crippen molar-refractivity contribution in [1.29, 1.82) is 0 Å². The number of aryl methyl sites for hydroxylation is 1. The number of thioether (sulfide) groups is 1. The highest BCUT2D eigenvalue weighted by Gasteiger charge is 2.16. The van der Waals surface area contributed by atoms with Gasteiger partial charge in [-0.2, -0.15) is 11.8 Å². The van der Waals surface area contributed by atoms with Crippen LogP contribution in [0.15, 0.2) is 36.4 Å². The predicted octanol–water partition coefficient (Wildman–Crippen LogP) is 4.63. The lowest BCUT2D eigenvalue weighted by Gasteiger charge is -2.07. The molecule has 0 aliphatic carbocycles. The summed E-state index contributed by atoms with van der Waals surface area (Å²) < 4.78 is 0. The summed E-state index contributed by atoms with van der Waals surface area (Å²) in [4.78, 5) is 15.9. The Labute approximate surface area is 132 Å². The number of hydrogen-bond donors (Lipinski definition) is 1. The van der Waals surface area contributed by atoms with Gasteiger partial charge in [-0.25, -0.2) is 9.78 Å². The molecular weight excluding hydrogens is 302 g/mol. The number of carboxylic acid groups (broad SMARTS) is 1. The molecule has 1 N–H and O–H groups in total. The molecule has 0 spiro atoms. The smallest absolute Gasteiger partial charge is 0.347 e. The third kappa shape index (κ3) is 3.95. The molecule has 110 valence electrons. The predicted molar refractivity (Wildman–Crippen MR) is 90.2 cm³/mol. The topological polar surface area (TPSA) is 50.2 Å². The molecule has 5 heteroatoms. The Hall–Kier alpha value is -1.59. The molecule has 0 amide bonds. The van der Waals surface area contributed by atoms with Gasteiger partial charge in [0.1, 0.15) is 9.88 Å². The van der Waals surface area contributed by atoms with Crippen LogP contribution >= 0.6 is 23.1 Å². The van der Waals surface area contributed by atoms with Crippen molar-refractivity contribution in [2.24, 2.45) is 0 Å². The van der Waals surface area contributed by atoms with Gasteiger partial charge in [-0.15, -0.1) is 11.3 Å². The number of nitrogens with zero attached hydrogens (tertiary/aromatic N) is 1. The van der Waals surface area contributed by atoms with Gasteiger partial charge in [-0.1, -0.05) is 36.4 Å². The Bertz CT molecular complexity index is 677. The Morgan fingerprint density at radius 2 is 2.14 bits per heavy atom. The average Bonchev–Trinajstić information content (AvgIpc) is 2.81. The molecule has 0 unspecified atom stereocenters. The standard InChI is InChI=1S/C16H17NO2S2/c1-10(2)8-20-9-12-6-4-5-7-13(12)15-17-11(3)14(21-15)16(18)19/h4-7H,1,8-9H2,2-3H3,(H,18,19). The van der Waals surface area contributed by atoms with E-state index in [1.165, 1.54) is 16.9 Å². The summed E-state index contributed by atoms with van der Waals surface area (Å²) >= 11 is 3.04. The minimum Gasteiger partial charge on any atom is -0.477 e. The van der Waals surface area contributed by atoms with E-state index < -0.39 is 5.97 Å². The van der Waals surface area contributed by atoms with Gasteiger partial charge in [0.05, 0.1) is 5.69 Å². The monoisotopic (exact) mass is 319 g/mol. The zero-order valence-electron chi connectivity index (χ0n) is 12.0. The summed E-state index contributed by atoms with van der Waals surface area (Å²) in [5.74, 6) is 0.876. The van der Waals surface area contributed by atoms with Gasteiger partial charge >= 0.3 is 5.97 Å². The molecule has 0 aliphatic rings. The first kappa shape index (κ1) is 15.8. The normalized spacial score (nSPS) is 10.6. The molecule has 1 aromatic carbocycles. The van der Waals surface area contributed by atoms with Gasteiger partial charge in [0.25, 0.3) is 0 Å². The highest BCUT2D eigenvalue weighted by Crippen LogP contribution is 2.32. The van der Waals surface area contributed by atoms with Crippen LogP contribution in [0, 0.1) is 6.92 Å². The van der Waals surface area contributed by atoms with Crippen LogP contribution in [0.5, 0.6) is 0 Å². The fraction of sp³-hybridized carbons (Fsp3) is 0.250. The Balaban J connectivity index is 2.29. The summed E-state index contributed by atoms with van der Waals surface area (Å²) in [7, 11) is 0. The lowest BCUT2D eigenvalue weighted by atomic mass is 10.1. The molecule has 2 aromatic rings. The number of aromatic carboxylic acids is 1.